The van der Waals surface area contributed by atoms with E-state index in [1.807, 2.05) is 25.9 Å². The van der Waals surface area contributed by atoms with Crippen LogP contribution in [0.1, 0.15) is 12.5 Å². The second-order valence-corrected chi connectivity index (χ2v) is 4.39. The minimum absolute atomic E-state index is 0.0486. The molecule has 1 N–H and O–H groups in total. The van der Waals surface area contributed by atoms with Crippen LogP contribution in [0.5, 0.6) is 0 Å². The van der Waals surface area contributed by atoms with Gasteiger partial charge in [-0.3, -0.25) is 0 Å². The van der Waals surface area contributed by atoms with Gasteiger partial charge in [-0.1, -0.05) is 0 Å². The Hall–Kier alpha value is -1.07. The van der Waals surface area contributed by atoms with Crippen LogP contribution in [0.4, 0.5) is 13.2 Å². The molecule has 0 aliphatic rings. The normalized spacial score (nSPS) is 13.1. The Morgan fingerprint density at radius 3 is 2.18 bits per heavy atom. The van der Waals surface area contributed by atoms with Crippen LogP contribution in [0.2, 0.25) is 0 Å². The lowest BCUT2D eigenvalue weighted by atomic mass is 10.1. The van der Waals surface area contributed by atoms with Gasteiger partial charge in [0.25, 0.3) is 0 Å². The summed E-state index contributed by atoms with van der Waals surface area (Å²) in [7, 11) is 3.83. The highest BCUT2D eigenvalue weighted by atomic mass is 19.1. The highest BCUT2D eigenvalue weighted by Crippen LogP contribution is 2.14. The van der Waals surface area contributed by atoms with Gasteiger partial charge in [0.05, 0.1) is 0 Å². The van der Waals surface area contributed by atoms with E-state index in [9.17, 15) is 13.2 Å². The molecule has 0 aliphatic carbocycles. The van der Waals surface area contributed by atoms with Crippen molar-refractivity contribution in [2.45, 2.75) is 19.5 Å². The van der Waals surface area contributed by atoms with Crippen molar-refractivity contribution in [1.29, 1.82) is 0 Å². The number of hydrogen-bond acceptors (Lipinski definition) is 2. The molecule has 1 aromatic rings. The second kappa shape index (κ2) is 6.02. The number of benzene rings is 1. The van der Waals surface area contributed by atoms with E-state index in [4.69, 9.17) is 0 Å². The maximum Gasteiger partial charge on any atom is 0.133 e. The molecule has 0 aromatic heterocycles. The number of halogens is 3. The third-order valence-electron chi connectivity index (χ3n) is 2.37. The first kappa shape index (κ1) is 14.0. The van der Waals surface area contributed by atoms with Crippen molar-refractivity contribution >= 4 is 0 Å². The number of hydrogen-bond donors (Lipinski definition) is 1. The van der Waals surface area contributed by atoms with Crippen molar-refractivity contribution in [1.82, 2.24) is 10.2 Å². The van der Waals surface area contributed by atoms with Gasteiger partial charge in [0, 0.05) is 36.8 Å². The number of likely N-dealkylation sites (N-methyl/N-ethyl adjacent to an activating group) is 1. The molecule has 0 saturated heterocycles. The Balaban J connectivity index is 2.63. The van der Waals surface area contributed by atoms with Crippen LogP contribution in [0.25, 0.3) is 0 Å². The zero-order chi connectivity index (χ0) is 13.0. The molecule has 0 radical (unpaired) electrons. The maximum absolute atomic E-state index is 13.3. The van der Waals surface area contributed by atoms with Crippen LogP contribution in [0.3, 0.4) is 0 Å². The molecule has 0 fully saturated rings. The third kappa shape index (κ3) is 4.36. The standard InChI is InChI=1S/C12H17F3N2/c1-8(7-17(2)3)16-6-10-11(14)4-9(13)5-12(10)15/h4-5,8,16H,6-7H2,1-3H3. The molecule has 5 heteroatoms. The SMILES string of the molecule is CC(CN(C)C)NCc1c(F)cc(F)cc1F. The summed E-state index contributed by atoms with van der Waals surface area (Å²) in [6.07, 6.45) is 0. The van der Waals surface area contributed by atoms with E-state index < -0.39 is 17.5 Å². The molecule has 1 aromatic carbocycles. The molecule has 0 saturated carbocycles. The fraction of sp³-hybridized carbons (Fsp3) is 0.500. The predicted octanol–water partition coefficient (Wildman–Crippen LogP) is 2.14. The third-order valence-corrected chi connectivity index (χ3v) is 2.37. The van der Waals surface area contributed by atoms with Crippen molar-refractivity contribution < 1.29 is 13.2 Å². The van der Waals surface area contributed by atoms with Gasteiger partial charge < -0.3 is 10.2 Å². The highest BCUT2D eigenvalue weighted by Gasteiger charge is 2.12. The molecular formula is C12H17F3N2. The van der Waals surface area contributed by atoms with Crippen molar-refractivity contribution in [3.05, 3.63) is 35.1 Å². The monoisotopic (exact) mass is 246 g/mol. The van der Waals surface area contributed by atoms with Crippen LogP contribution in [-0.4, -0.2) is 31.6 Å². The van der Waals surface area contributed by atoms with Crippen molar-refractivity contribution in [3.8, 4) is 0 Å². The zero-order valence-electron chi connectivity index (χ0n) is 10.2. The molecule has 1 atom stereocenters. The van der Waals surface area contributed by atoms with E-state index in [2.05, 4.69) is 5.32 Å². The van der Waals surface area contributed by atoms with Crippen LogP contribution < -0.4 is 5.32 Å². The molecule has 1 unspecified atom stereocenters. The Morgan fingerprint density at radius 1 is 1.18 bits per heavy atom. The minimum Gasteiger partial charge on any atom is -0.309 e. The fourth-order valence-corrected chi connectivity index (χ4v) is 1.63. The first-order valence-electron chi connectivity index (χ1n) is 5.41. The van der Waals surface area contributed by atoms with Crippen molar-refractivity contribution in [2.24, 2.45) is 0 Å². The van der Waals surface area contributed by atoms with E-state index in [0.717, 1.165) is 6.54 Å². The molecule has 0 heterocycles. The van der Waals surface area contributed by atoms with Crippen LogP contribution in [0, 0.1) is 17.5 Å². The minimum atomic E-state index is -0.898. The van der Waals surface area contributed by atoms with E-state index in [1.165, 1.54) is 0 Å². The van der Waals surface area contributed by atoms with E-state index in [1.54, 1.807) is 0 Å². The smallest absolute Gasteiger partial charge is 0.133 e. The molecule has 0 aliphatic heterocycles. The molecule has 17 heavy (non-hydrogen) atoms. The maximum atomic E-state index is 13.3. The van der Waals surface area contributed by atoms with Gasteiger partial charge in [-0.25, -0.2) is 13.2 Å². The van der Waals surface area contributed by atoms with E-state index >= 15 is 0 Å². The average molecular weight is 246 g/mol. The molecule has 0 bridgehead atoms. The van der Waals surface area contributed by atoms with Gasteiger partial charge in [-0.2, -0.15) is 0 Å². The van der Waals surface area contributed by atoms with Gasteiger partial charge in [0.15, 0.2) is 0 Å². The lowest BCUT2D eigenvalue weighted by Gasteiger charge is -2.18. The quantitative estimate of drug-likeness (QED) is 0.856. The number of nitrogens with one attached hydrogen (secondary N) is 1. The summed E-state index contributed by atoms with van der Waals surface area (Å²) in [6, 6.07) is 1.47. The van der Waals surface area contributed by atoms with Crippen molar-refractivity contribution in [3.63, 3.8) is 0 Å². The average Bonchev–Trinajstić information content (AvgIpc) is 2.14. The summed E-state index contributed by atoms with van der Waals surface area (Å²) < 4.78 is 39.3. The topological polar surface area (TPSA) is 15.3 Å². The van der Waals surface area contributed by atoms with Gasteiger partial charge in [0.1, 0.15) is 17.5 Å². The van der Waals surface area contributed by atoms with E-state index in [-0.39, 0.29) is 18.2 Å². The summed E-state index contributed by atoms with van der Waals surface area (Å²) in [5, 5.41) is 2.99. The molecule has 0 amide bonds. The van der Waals surface area contributed by atoms with Gasteiger partial charge in [0.2, 0.25) is 0 Å². The Kier molecular flexibility index (Phi) is 4.96. The second-order valence-electron chi connectivity index (χ2n) is 4.39. The molecule has 0 spiro atoms. The van der Waals surface area contributed by atoms with Crippen LogP contribution in [0.15, 0.2) is 12.1 Å². The van der Waals surface area contributed by atoms with Gasteiger partial charge >= 0.3 is 0 Å². The molecular weight excluding hydrogens is 229 g/mol. The number of nitrogens with zero attached hydrogens (tertiary/aromatic N) is 1. The lowest BCUT2D eigenvalue weighted by molar-refractivity contribution is 0.346. The van der Waals surface area contributed by atoms with Gasteiger partial charge in [-0.15, -0.1) is 0 Å². The highest BCUT2D eigenvalue weighted by molar-refractivity contribution is 5.20. The summed E-state index contributed by atoms with van der Waals surface area (Å²) in [5.74, 6) is -2.61. The Bertz CT molecular complexity index is 357. The zero-order valence-corrected chi connectivity index (χ0v) is 10.2. The Labute approximate surface area is 99.4 Å². The molecule has 1 rings (SSSR count). The summed E-state index contributed by atoms with van der Waals surface area (Å²) in [6.45, 7) is 2.72. The summed E-state index contributed by atoms with van der Waals surface area (Å²) >= 11 is 0. The summed E-state index contributed by atoms with van der Waals surface area (Å²) in [4.78, 5) is 1.97. The molecule has 96 valence electrons. The first-order valence-corrected chi connectivity index (χ1v) is 5.41. The van der Waals surface area contributed by atoms with Gasteiger partial charge in [-0.05, 0) is 21.0 Å². The van der Waals surface area contributed by atoms with Crippen molar-refractivity contribution in [2.75, 3.05) is 20.6 Å². The first-order chi connectivity index (χ1) is 7.90. The van der Waals surface area contributed by atoms with Crippen LogP contribution >= 0.6 is 0 Å². The summed E-state index contributed by atoms with van der Waals surface area (Å²) in [5.41, 5.74) is -0.128. The van der Waals surface area contributed by atoms with Crippen LogP contribution in [-0.2, 0) is 6.54 Å². The lowest BCUT2D eigenvalue weighted by Crippen LogP contribution is -2.35. The largest absolute Gasteiger partial charge is 0.309 e. The predicted molar refractivity (Wildman–Crippen MR) is 61.2 cm³/mol. The number of rotatable bonds is 5. The fourth-order valence-electron chi connectivity index (χ4n) is 1.63. The molecule has 2 nitrogen and oxygen atoms in total. The Morgan fingerprint density at radius 2 is 1.71 bits per heavy atom. The van der Waals surface area contributed by atoms with E-state index in [0.29, 0.717) is 12.1 Å².